The third-order valence-corrected chi connectivity index (χ3v) is 6.11. The van der Waals surface area contributed by atoms with E-state index in [0.717, 1.165) is 35.9 Å². The molecule has 3 heterocycles. The van der Waals surface area contributed by atoms with E-state index in [4.69, 9.17) is 4.42 Å². The molecule has 0 aliphatic carbocycles. The smallest absolute Gasteiger partial charge is 0.230 e. The van der Waals surface area contributed by atoms with Crippen LogP contribution in [0, 0.1) is 5.92 Å². The largest absolute Gasteiger partial charge is 0.444 e. The number of carbonyl (C=O) groups excluding carboxylic acids is 1. The molecule has 25 heavy (non-hydrogen) atoms. The van der Waals surface area contributed by atoms with E-state index < -0.39 is 0 Å². The van der Waals surface area contributed by atoms with Gasteiger partial charge in [0.25, 0.3) is 0 Å². The molecular formula is C17H24N4O2S2. The molecular weight excluding hydrogens is 356 g/mol. The van der Waals surface area contributed by atoms with E-state index in [2.05, 4.69) is 41.4 Å². The van der Waals surface area contributed by atoms with Gasteiger partial charge in [0.15, 0.2) is 5.13 Å². The van der Waals surface area contributed by atoms with Crippen LogP contribution < -0.4 is 10.6 Å². The normalized spacial score (nSPS) is 18.3. The van der Waals surface area contributed by atoms with Crippen molar-refractivity contribution in [1.29, 1.82) is 0 Å². The highest BCUT2D eigenvalue weighted by atomic mass is 32.2. The first-order valence-corrected chi connectivity index (χ1v) is 10.3. The fourth-order valence-electron chi connectivity index (χ4n) is 2.52. The van der Waals surface area contributed by atoms with Gasteiger partial charge in [0.1, 0.15) is 5.76 Å². The zero-order valence-electron chi connectivity index (χ0n) is 14.8. The molecule has 0 saturated carbocycles. The summed E-state index contributed by atoms with van der Waals surface area (Å²) in [7, 11) is 0. The summed E-state index contributed by atoms with van der Waals surface area (Å²) in [5, 5.41) is 6.84. The molecule has 0 radical (unpaired) electrons. The number of hydrogen-bond donors (Lipinski definition) is 2. The molecule has 1 saturated heterocycles. The standard InChI is InChI=1S/C17H24N4O2S2/c1-17(2,3)12-8-19-13(23-12)10-24-14-9-20-16(25-14)21-15(22)11-5-4-6-18-7-11/h8-9,11,18H,4-7,10H2,1-3H3,(H,20,21,22). The van der Waals surface area contributed by atoms with Crippen LogP contribution in [0.1, 0.15) is 45.3 Å². The lowest BCUT2D eigenvalue weighted by Gasteiger charge is -2.21. The summed E-state index contributed by atoms with van der Waals surface area (Å²) >= 11 is 3.10. The van der Waals surface area contributed by atoms with E-state index in [1.807, 2.05) is 0 Å². The maximum atomic E-state index is 12.2. The van der Waals surface area contributed by atoms with Crippen molar-refractivity contribution >= 4 is 34.1 Å². The first kappa shape index (κ1) is 18.4. The second-order valence-corrected chi connectivity index (χ2v) is 9.48. The summed E-state index contributed by atoms with van der Waals surface area (Å²) in [5.74, 6) is 2.35. The number of hydrogen-bond acceptors (Lipinski definition) is 7. The van der Waals surface area contributed by atoms with Gasteiger partial charge in [-0.15, -0.1) is 11.8 Å². The van der Waals surface area contributed by atoms with Crippen molar-refractivity contribution in [2.75, 3.05) is 18.4 Å². The van der Waals surface area contributed by atoms with Gasteiger partial charge in [-0.1, -0.05) is 32.1 Å². The minimum atomic E-state index is -0.0359. The summed E-state index contributed by atoms with van der Waals surface area (Å²) in [5.41, 5.74) is -0.0359. The molecule has 1 unspecified atom stereocenters. The van der Waals surface area contributed by atoms with Gasteiger partial charge >= 0.3 is 0 Å². The van der Waals surface area contributed by atoms with Crippen LogP contribution in [-0.4, -0.2) is 29.0 Å². The molecule has 1 aliphatic heterocycles. The Hall–Kier alpha value is -1.38. The van der Waals surface area contributed by atoms with Crippen molar-refractivity contribution in [3.8, 4) is 0 Å². The number of rotatable bonds is 5. The lowest BCUT2D eigenvalue weighted by molar-refractivity contribution is -0.120. The molecule has 0 aromatic carbocycles. The fourth-order valence-corrected chi connectivity index (χ4v) is 4.25. The fraction of sp³-hybridized carbons (Fsp3) is 0.588. The molecule has 1 fully saturated rings. The maximum absolute atomic E-state index is 12.2. The van der Waals surface area contributed by atoms with Gasteiger partial charge in [-0.05, 0) is 19.4 Å². The van der Waals surface area contributed by atoms with Gasteiger partial charge in [-0.2, -0.15) is 0 Å². The molecule has 1 aliphatic rings. The van der Waals surface area contributed by atoms with Crippen LogP contribution in [0.25, 0.3) is 0 Å². The SMILES string of the molecule is CC(C)(C)c1cnc(CSc2cnc(NC(=O)C3CCCNC3)s2)o1. The molecule has 1 amide bonds. The van der Waals surface area contributed by atoms with Crippen LogP contribution in [-0.2, 0) is 16.0 Å². The molecule has 1 atom stereocenters. The Balaban J connectivity index is 1.51. The molecule has 2 N–H and O–H groups in total. The Kier molecular flexibility index (Phi) is 5.81. The Labute approximate surface area is 156 Å². The summed E-state index contributed by atoms with van der Waals surface area (Å²) in [4.78, 5) is 20.9. The van der Waals surface area contributed by atoms with Crippen molar-refractivity contribution in [3.05, 3.63) is 24.0 Å². The molecule has 8 heteroatoms. The van der Waals surface area contributed by atoms with Gasteiger partial charge in [-0.3, -0.25) is 4.79 Å². The number of aromatic nitrogens is 2. The van der Waals surface area contributed by atoms with Gasteiger partial charge in [0.05, 0.1) is 28.3 Å². The van der Waals surface area contributed by atoms with E-state index >= 15 is 0 Å². The number of oxazole rings is 1. The second-order valence-electron chi connectivity index (χ2n) is 7.17. The number of anilines is 1. The van der Waals surface area contributed by atoms with Crippen LogP contribution in [0.2, 0.25) is 0 Å². The highest BCUT2D eigenvalue weighted by molar-refractivity contribution is 8.00. The minimum Gasteiger partial charge on any atom is -0.444 e. The van der Waals surface area contributed by atoms with Gasteiger partial charge in [-0.25, -0.2) is 9.97 Å². The summed E-state index contributed by atoms with van der Waals surface area (Å²) in [6.07, 6.45) is 5.57. The van der Waals surface area contributed by atoms with Crippen molar-refractivity contribution in [3.63, 3.8) is 0 Å². The number of nitrogens with one attached hydrogen (secondary N) is 2. The zero-order valence-corrected chi connectivity index (χ0v) is 16.4. The van der Waals surface area contributed by atoms with Crippen LogP contribution in [0.5, 0.6) is 0 Å². The third-order valence-electron chi connectivity index (χ3n) is 4.01. The van der Waals surface area contributed by atoms with E-state index in [1.54, 1.807) is 24.2 Å². The van der Waals surface area contributed by atoms with E-state index in [1.165, 1.54) is 11.3 Å². The predicted molar refractivity (Wildman–Crippen MR) is 101 cm³/mol. The number of amides is 1. The Bertz CT molecular complexity index is 714. The highest BCUT2D eigenvalue weighted by Gasteiger charge is 2.22. The van der Waals surface area contributed by atoms with E-state index in [9.17, 15) is 4.79 Å². The molecule has 6 nitrogen and oxygen atoms in total. The Morgan fingerprint density at radius 1 is 1.44 bits per heavy atom. The van der Waals surface area contributed by atoms with Crippen molar-refractivity contribution < 1.29 is 9.21 Å². The van der Waals surface area contributed by atoms with Crippen LogP contribution in [0.4, 0.5) is 5.13 Å². The molecule has 3 rings (SSSR count). The topological polar surface area (TPSA) is 80.0 Å². The van der Waals surface area contributed by atoms with Crippen LogP contribution in [0.3, 0.4) is 0 Å². The first-order chi connectivity index (χ1) is 11.9. The van der Waals surface area contributed by atoms with Crippen molar-refractivity contribution in [2.24, 2.45) is 5.92 Å². The van der Waals surface area contributed by atoms with Crippen molar-refractivity contribution in [1.82, 2.24) is 15.3 Å². The first-order valence-electron chi connectivity index (χ1n) is 8.47. The summed E-state index contributed by atoms with van der Waals surface area (Å²) in [6.45, 7) is 8.05. The number of thiazole rings is 1. The maximum Gasteiger partial charge on any atom is 0.230 e. The minimum absolute atomic E-state index is 0.0359. The lowest BCUT2D eigenvalue weighted by atomic mass is 9.94. The average Bonchev–Trinajstić information content (AvgIpc) is 3.22. The molecule has 2 aromatic heterocycles. The number of thioether (sulfide) groups is 1. The van der Waals surface area contributed by atoms with E-state index in [-0.39, 0.29) is 17.2 Å². The van der Waals surface area contributed by atoms with E-state index in [0.29, 0.717) is 16.8 Å². The monoisotopic (exact) mass is 380 g/mol. The van der Waals surface area contributed by atoms with Gasteiger partial charge in [0.2, 0.25) is 11.8 Å². The van der Waals surface area contributed by atoms with Crippen LogP contribution >= 0.6 is 23.1 Å². The summed E-state index contributed by atoms with van der Waals surface area (Å²) in [6, 6.07) is 0. The van der Waals surface area contributed by atoms with Crippen LogP contribution in [0.15, 0.2) is 21.0 Å². The Morgan fingerprint density at radius 2 is 2.28 bits per heavy atom. The molecule has 0 bridgehead atoms. The molecule has 136 valence electrons. The second kappa shape index (κ2) is 7.88. The van der Waals surface area contributed by atoms with Gasteiger partial charge < -0.3 is 15.1 Å². The molecule has 2 aromatic rings. The van der Waals surface area contributed by atoms with Crippen molar-refractivity contribution in [2.45, 2.75) is 49.0 Å². The van der Waals surface area contributed by atoms with Gasteiger partial charge in [0, 0.05) is 12.0 Å². The Morgan fingerprint density at radius 3 is 2.96 bits per heavy atom. The number of carbonyl (C=O) groups is 1. The number of nitrogens with zero attached hydrogens (tertiary/aromatic N) is 2. The lowest BCUT2D eigenvalue weighted by Crippen LogP contribution is -2.37. The average molecular weight is 381 g/mol. The predicted octanol–water partition coefficient (Wildman–Crippen LogP) is 3.66. The zero-order chi connectivity index (χ0) is 17.9. The third kappa shape index (κ3) is 5.05. The molecule has 0 spiro atoms. The summed E-state index contributed by atoms with van der Waals surface area (Å²) < 4.78 is 6.83. The quantitative estimate of drug-likeness (QED) is 0.771. The number of piperidine rings is 1. The highest BCUT2D eigenvalue weighted by Crippen LogP contribution is 2.32.